The molecule has 0 radical (unpaired) electrons. The predicted molar refractivity (Wildman–Crippen MR) is 78.9 cm³/mol. The van der Waals surface area contributed by atoms with Crippen molar-refractivity contribution in [2.24, 2.45) is 11.7 Å². The molecule has 2 rings (SSSR count). The average molecular weight is 356 g/mol. The third-order valence-electron chi connectivity index (χ3n) is 2.99. The molecule has 0 spiro atoms. The van der Waals surface area contributed by atoms with Gasteiger partial charge in [-0.3, -0.25) is 4.79 Å². The number of nitrogens with two attached hydrogens (primary N) is 1. The minimum absolute atomic E-state index is 0. The molecule has 1 amide bonds. The van der Waals surface area contributed by atoms with Gasteiger partial charge in [-0.2, -0.15) is 0 Å². The van der Waals surface area contributed by atoms with E-state index in [1.807, 2.05) is 4.90 Å². The van der Waals surface area contributed by atoms with Crippen LogP contribution in [0.5, 0.6) is 5.75 Å². The third-order valence-corrected chi connectivity index (χ3v) is 4.76. The molecule has 0 aromatic carbocycles. The SMILES string of the molecule is COc1cc(C(=O)N2CCC(CN)C2)sc1Br.Cl. The monoisotopic (exact) mass is 354 g/mol. The number of hydrogen-bond acceptors (Lipinski definition) is 4. The van der Waals surface area contributed by atoms with E-state index < -0.39 is 0 Å². The minimum Gasteiger partial charge on any atom is -0.495 e. The van der Waals surface area contributed by atoms with E-state index in [2.05, 4.69) is 15.9 Å². The van der Waals surface area contributed by atoms with Gasteiger partial charge in [0.2, 0.25) is 0 Å². The molecule has 1 aliphatic rings. The lowest BCUT2D eigenvalue weighted by Gasteiger charge is -2.14. The van der Waals surface area contributed by atoms with Crippen LogP contribution in [0.15, 0.2) is 9.85 Å². The van der Waals surface area contributed by atoms with Crippen molar-refractivity contribution in [1.82, 2.24) is 4.90 Å². The van der Waals surface area contributed by atoms with Gasteiger partial charge in [0, 0.05) is 19.2 Å². The summed E-state index contributed by atoms with van der Waals surface area (Å²) in [4.78, 5) is 14.8. The summed E-state index contributed by atoms with van der Waals surface area (Å²) in [5.74, 6) is 1.24. The van der Waals surface area contributed by atoms with E-state index in [1.165, 1.54) is 11.3 Å². The van der Waals surface area contributed by atoms with Crippen molar-refractivity contribution < 1.29 is 9.53 Å². The number of methoxy groups -OCH3 is 1. The zero-order valence-corrected chi connectivity index (χ0v) is 13.2. The van der Waals surface area contributed by atoms with Gasteiger partial charge in [0.1, 0.15) is 9.54 Å². The summed E-state index contributed by atoms with van der Waals surface area (Å²) in [5.41, 5.74) is 5.62. The number of carbonyl (C=O) groups excluding carboxylic acids is 1. The molecule has 1 atom stereocenters. The number of thiophene rings is 1. The summed E-state index contributed by atoms with van der Waals surface area (Å²) in [6, 6.07) is 1.78. The molecule has 0 aliphatic carbocycles. The van der Waals surface area contributed by atoms with Gasteiger partial charge in [-0.15, -0.1) is 23.7 Å². The first-order valence-corrected chi connectivity index (χ1v) is 7.09. The van der Waals surface area contributed by atoms with Gasteiger partial charge in [-0.05, 0) is 34.8 Å². The van der Waals surface area contributed by atoms with Crippen LogP contribution in [0.25, 0.3) is 0 Å². The number of amides is 1. The van der Waals surface area contributed by atoms with Crippen molar-refractivity contribution in [1.29, 1.82) is 0 Å². The summed E-state index contributed by atoms with van der Waals surface area (Å²) in [5, 5.41) is 0. The van der Waals surface area contributed by atoms with Crippen LogP contribution in [0.4, 0.5) is 0 Å². The number of rotatable bonds is 3. The second-order valence-electron chi connectivity index (χ2n) is 4.09. The molecule has 7 heteroatoms. The number of hydrogen-bond donors (Lipinski definition) is 1. The van der Waals surface area contributed by atoms with Crippen LogP contribution in [0.3, 0.4) is 0 Å². The standard InChI is InChI=1S/C11H15BrN2O2S.ClH/c1-16-8-4-9(17-10(8)12)11(15)14-3-2-7(5-13)6-14;/h4,7H,2-3,5-6,13H2,1H3;1H. The second kappa shape index (κ2) is 6.75. The normalized spacial score (nSPS) is 18.6. The Labute approximate surface area is 125 Å². The average Bonchev–Trinajstić information content (AvgIpc) is 2.94. The number of nitrogens with zero attached hydrogens (tertiary/aromatic N) is 1. The van der Waals surface area contributed by atoms with Crippen molar-refractivity contribution in [3.8, 4) is 5.75 Å². The van der Waals surface area contributed by atoms with Gasteiger partial charge in [0.15, 0.2) is 0 Å². The molecule has 1 fully saturated rings. The predicted octanol–water partition coefficient (Wildman–Crippen LogP) is 2.36. The first kappa shape index (κ1) is 15.8. The minimum atomic E-state index is 0. The Hall–Kier alpha value is -0.300. The molecule has 1 unspecified atom stereocenters. The molecule has 4 nitrogen and oxygen atoms in total. The number of carbonyl (C=O) groups is 1. The number of likely N-dealkylation sites (tertiary alicyclic amines) is 1. The Balaban J connectivity index is 0.00000162. The summed E-state index contributed by atoms with van der Waals surface area (Å²) >= 11 is 4.79. The maximum atomic E-state index is 12.2. The smallest absolute Gasteiger partial charge is 0.264 e. The van der Waals surface area contributed by atoms with Crippen molar-refractivity contribution >= 4 is 45.6 Å². The molecule has 1 aromatic heterocycles. The highest BCUT2D eigenvalue weighted by Gasteiger charge is 2.27. The zero-order chi connectivity index (χ0) is 12.4. The second-order valence-corrected chi connectivity index (χ2v) is 6.46. The zero-order valence-electron chi connectivity index (χ0n) is 10.0. The van der Waals surface area contributed by atoms with E-state index in [4.69, 9.17) is 10.5 Å². The first-order chi connectivity index (χ1) is 8.15. The Bertz CT molecular complexity index is 427. The summed E-state index contributed by atoms with van der Waals surface area (Å²) in [7, 11) is 1.60. The van der Waals surface area contributed by atoms with Crippen LogP contribution < -0.4 is 10.5 Å². The number of halogens is 2. The molecule has 1 saturated heterocycles. The van der Waals surface area contributed by atoms with Crippen molar-refractivity contribution in [2.75, 3.05) is 26.7 Å². The molecule has 102 valence electrons. The van der Waals surface area contributed by atoms with Gasteiger partial charge in [0.25, 0.3) is 5.91 Å². The quantitative estimate of drug-likeness (QED) is 0.905. The lowest BCUT2D eigenvalue weighted by Crippen LogP contribution is -2.29. The van der Waals surface area contributed by atoms with Crippen LogP contribution in [-0.2, 0) is 0 Å². The van der Waals surface area contributed by atoms with E-state index in [9.17, 15) is 4.79 Å². The summed E-state index contributed by atoms with van der Waals surface area (Å²) < 4.78 is 6.01. The van der Waals surface area contributed by atoms with Crippen LogP contribution in [0, 0.1) is 5.92 Å². The van der Waals surface area contributed by atoms with Crippen molar-refractivity contribution in [3.05, 3.63) is 14.7 Å². The number of ether oxygens (including phenoxy) is 1. The van der Waals surface area contributed by atoms with Gasteiger partial charge in [-0.25, -0.2) is 0 Å². The lowest BCUT2D eigenvalue weighted by molar-refractivity contribution is 0.0792. The highest BCUT2D eigenvalue weighted by Crippen LogP contribution is 2.35. The topological polar surface area (TPSA) is 55.6 Å². The Morgan fingerprint density at radius 3 is 2.94 bits per heavy atom. The van der Waals surface area contributed by atoms with Gasteiger partial charge < -0.3 is 15.4 Å². The molecular formula is C11H16BrClN2O2S. The van der Waals surface area contributed by atoms with E-state index >= 15 is 0 Å². The van der Waals surface area contributed by atoms with Crippen molar-refractivity contribution in [2.45, 2.75) is 6.42 Å². The molecule has 0 bridgehead atoms. The summed E-state index contributed by atoms with van der Waals surface area (Å²) in [6.45, 7) is 2.23. The van der Waals surface area contributed by atoms with E-state index in [0.717, 1.165) is 23.3 Å². The Kier molecular flexibility index (Phi) is 5.91. The highest BCUT2D eigenvalue weighted by molar-refractivity contribution is 9.11. The van der Waals surface area contributed by atoms with E-state index in [1.54, 1.807) is 13.2 Å². The fourth-order valence-electron chi connectivity index (χ4n) is 1.96. The Morgan fingerprint density at radius 2 is 2.44 bits per heavy atom. The molecule has 18 heavy (non-hydrogen) atoms. The molecule has 2 N–H and O–H groups in total. The third kappa shape index (κ3) is 3.17. The van der Waals surface area contributed by atoms with Crippen molar-refractivity contribution in [3.63, 3.8) is 0 Å². The first-order valence-electron chi connectivity index (χ1n) is 5.48. The van der Waals surface area contributed by atoms with Crippen LogP contribution in [-0.4, -0.2) is 37.6 Å². The molecule has 1 aromatic rings. The van der Waals surface area contributed by atoms with Crippen LogP contribution in [0.2, 0.25) is 0 Å². The molecule has 0 saturated carbocycles. The van der Waals surface area contributed by atoms with Crippen LogP contribution >= 0.6 is 39.7 Å². The van der Waals surface area contributed by atoms with Gasteiger partial charge >= 0.3 is 0 Å². The fourth-order valence-corrected chi connectivity index (χ4v) is 3.58. The fraction of sp³-hybridized carbons (Fsp3) is 0.545. The highest BCUT2D eigenvalue weighted by atomic mass is 79.9. The summed E-state index contributed by atoms with van der Waals surface area (Å²) in [6.07, 6.45) is 1.01. The molecule has 1 aliphatic heterocycles. The molecule has 2 heterocycles. The van der Waals surface area contributed by atoms with Crippen LogP contribution in [0.1, 0.15) is 16.1 Å². The Morgan fingerprint density at radius 1 is 1.72 bits per heavy atom. The molecular weight excluding hydrogens is 340 g/mol. The van der Waals surface area contributed by atoms with Gasteiger partial charge in [0.05, 0.1) is 12.0 Å². The van der Waals surface area contributed by atoms with E-state index in [0.29, 0.717) is 23.1 Å². The maximum Gasteiger partial charge on any atom is 0.264 e. The van der Waals surface area contributed by atoms with Gasteiger partial charge in [-0.1, -0.05) is 0 Å². The maximum absolute atomic E-state index is 12.2. The lowest BCUT2D eigenvalue weighted by atomic mass is 10.1. The largest absolute Gasteiger partial charge is 0.495 e. The van der Waals surface area contributed by atoms with E-state index in [-0.39, 0.29) is 18.3 Å².